The van der Waals surface area contributed by atoms with Crippen LogP contribution in [0.5, 0.6) is 0 Å². The Labute approximate surface area is 161 Å². The number of benzene rings is 1. The second-order valence-corrected chi connectivity index (χ2v) is 7.83. The summed E-state index contributed by atoms with van der Waals surface area (Å²) >= 11 is 0. The molecule has 2 N–H and O–H groups in total. The molecule has 6 nitrogen and oxygen atoms in total. The van der Waals surface area contributed by atoms with E-state index in [1.54, 1.807) is 0 Å². The maximum Gasteiger partial charge on any atom is 0.329 e. The maximum absolute atomic E-state index is 12.7. The molecule has 0 unspecified atom stereocenters. The first-order valence-corrected chi connectivity index (χ1v) is 9.61. The standard InChI is InChI=1S/C21H30N2O4/c1-13(2)17(22-19(24)16-10-11-16)20(25)23-18(14(3)4)21(26)27-12-15-8-6-5-7-9-15/h5-9,13-14,16-18H,10-12H2,1-4H3,(H,22,24)(H,23,25)/t17-,18-/m0/s1. The van der Waals surface area contributed by atoms with E-state index in [4.69, 9.17) is 4.74 Å². The van der Waals surface area contributed by atoms with E-state index < -0.39 is 18.1 Å². The molecule has 1 aliphatic rings. The van der Waals surface area contributed by atoms with Gasteiger partial charge in [-0.05, 0) is 30.2 Å². The fourth-order valence-electron chi connectivity index (χ4n) is 2.71. The molecule has 1 aromatic rings. The minimum Gasteiger partial charge on any atom is -0.459 e. The number of hydrogen-bond donors (Lipinski definition) is 2. The van der Waals surface area contributed by atoms with Crippen LogP contribution in [0.3, 0.4) is 0 Å². The molecular formula is C21H30N2O4. The number of amides is 2. The van der Waals surface area contributed by atoms with Crippen LogP contribution in [0.25, 0.3) is 0 Å². The lowest BCUT2D eigenvalue weighted by atomic mass is 10.00. The average molecular weight is 374 g/mol. The highest BCUT2D eigenvalue weighted by Crippen LogP contribution is 2.29. The summed E-state index contributed by atoms with van der Waals surface area (Å²) in [6, 6.07) is 7.96. The second-order valence-electron chi connectivity index (χ2n) is 7.83. The summed E-state index contributed by atoms with van der Waals surface area (Å²) in [5.41, 5.74) is 0.886. The van der Waals surface area contributed by atoms with Crippen molar-refractivity contribution >= 4 is 17.8 Å². The fourth-order valence-corrected chi connectivity index (χ4v) is 2.71. The van der Waals surface area contributed by atoms with Crippen LogP contribution in [0.1, 0.15) is 46.1 Å². The van der Waals surface area contributed by atoms with Gasteiger partial charge < -0.3 is 15.4 Å². The number of carbonyl (C=O) groups excluding carboxylic acids is 3. The van der Waals surface area contributed by atoms with Crippen molar-refractivity contribution < 1.29 is 19.1 Å². The van der Waals surface area contributed by atoms with Crippen molar-refractivity contribution in [1.82, 2.24) is 10.6 Å². The summed E-state index contributed by atoms with van der Waals surface area (Å²) in [5, 5.41) is 5.59. The number of esters is 1. The Morgan fingerprint density at radius 1 is 0.963 bits per heavy atom. The molecule has 6 heteroatoms. The lowest BCUT2D eigenvalue weighted by Crippen LogP contribution is -2.55. The van der Waals surface area contributed by atoms with Gasteiger partial charge in [0.25, 0.3) is 0 Å². The van der Waals surface area contributed by atoms with E-state index in [2.05, 4.69) is 10.6 Å². The molecule has 27 heavy (non-hydrogen) atoms. The monoisotopic (exact) mass is 374 g/mol. The number of nitrogens with one attached hydrogen (secondary N) is 2. The number of ether oxygens (including phenoxy) is 1. The molecule has 2 rings (SSSR count). The van der Waals surface area contributed by atoms with Crippen molar-refractivity contribution in [2.45, 2.75) is 59.2 Å². The number of hydrogen-bond acceptors (Lipinski definition) is 4. The van der Waals surface area contributed by atoms with Crippen LogP contribution in [0, 0.1) is 17.8 Å². The molecule has 1 saturated carbocycles. The average Bonchev–Trinajstić information content (AvgIpc) is 3.47. The number of rotatable bonds is 9. The van der Waals surface area contributed by atoms with Crippen LogP contribution in [0.15, 0.2) is 30.3 Å². The molecule has 0 aromatic heterocycles. The van der Waals surface area contributed by atoms with E-state index in [1.807, 2.05) is 58.0 Å². The van der Waals surface area contributed by atoms with E-state index >= 15 is 0 Å². The Bertz CT molecular complexity index is 653. The van der Waals surface area contributed by atoms with Gasteiger partial charge in [-0.3, -0.25) is 9.59 Å². The van der Waals surface area contributed by atoms with Crippen LogP contribution >= 0.6 is 0 Å². The van der Waals surface area contributed by atoms with Gasteiger partial charge in [-0.2, -0.15) is 0 Å². The van der Waals surface area contributed by atoms with Gasteiger partial charge in [-0.15, -0.1) is 0 Å². The Kier molecular flexibility index (Phi) is 7.39. The van der Waals surface area contributed by atoms with Crippen molar-refractivity contribution in [2.24, 2.45) is 17.8 Å². The first-order chi connectivity index (χ1) is 12.8. The lowest BCUT2D eigenvalue weighted by Gasteiger charge is -2.26. The normalized spacial score (nSPS) is 15.9. The van der Waals surface area contributed by atoms with Crippen molar-refractivity contribution in [3.05, 3.63) is 35.9 Å². The highest BCUT2D eigenvalue weighted by molar-refractivity contribution is 5.92. The zero-order chi connectivity index (χ0) is 20.0. The summed E-state index contributed by atoms with van der Waals surface area (Å²) in [6.07, 6.45) is 1.75. The van der Waals surface area contributed by atoms with Crippen LogP contribution in [-0.4, -0.2) is 29.9 Å². The Morgan fingerprint density at radius 3 is 2.07 bits per heavy atom. The fraction of sp³-hybridized carbons (Fsp3) is 0.571. The molecule has 0 saturated heterocycles. The van der Waals surface area contributed by atoms with Crippen molar-refractivity contribution in [1.29, 1.82) is 0 Å². The molecule has 0 spiro atoms. The van der Waals surface area contributed by atoms with Crippen LogP contribution in [-0.2, 0) is 25.7 Å². The van der Waals surface area contributed by atoms with E-state index in [1.165, 1.54) is 0 Å². The molecule has 0 aliphatic heterocycles. The van der Waals surface area contributed by atoms with Gasteiger partial charge >= 0.3 is 5.97 Å². The summed E-state index contributed by atoms with van der Waals surface area (Å²) in [6.45, 7) is 7.60. The third kappa shape index (κ3) is 6.38. The van der Waals surface area contributed by atoms with Crippen molar-refractivity contribution in [3.63, 3.8) is 0 Å². The highest BCUT2D eigenvalue weighted by atomic mass is 16.5. The van der Waals surface area contributed by atoms with E-state index in [-0.39, 0.29) is 36.2 Å². The zero-order valence-corrected chi connectivity index (χ0v) is 16.5. The SMILES string of the molecule is CC(C)[C@H](NC(=O)C1CC1)C(=O)N[C@H](C(=O)OCc1ccccc1)C(C)C. The van der Waals surface area contributed by atoms with Gasteiger partial charge in [0.05, 0.1) is 0 Å². The van der Waals surface area contributed by atoms with Crippen molar-refractivity contribution in [3.8, 4) is 0 Å². The maximum atomic E-state index is 12.7. The third-order valence-corrected chi connectivity index (χ3v) is 4.64. The third-order valence-electron chi connectivity index (χ3n) is 4.64. The molecule has 148 valence electrons. The molecule has 0 heterocycles. The molecule has 1 fully saturated rings. The summed E-state index contributed by atoms with van der Waals surface area (Å²) < 4.78 is 5.38. The van der Waals surface area contributed by atoms with E-state index in [9.17, 15) is 14.4 Å². The molecule has 1 aliphatic carbocycles. The predicted octanol–water partition coefficient (Wildman–Crippen LogP) is 2.42. The van der Waals surface area contributed by atoms with E-state index in [0.29, 0.717) is 0 Å². The Morgan fingerprint density at radius 2 is 1.56 bits per heavy atom. The molecule has 2 amide bonds. The zero-order valence-electron chi connectivity index (χ0n) is 16.5. The van der Waals surface area contributed by atoms with Gasteiger partial charge in [0.1, 0.15) is 18.7 Å². The van der Waals surface area contributed by atoms with Gasteiger partial charge in [-0.25, -0.2) is 4.79 Å². The van der Waals surface area contributed by atoms with Crippen LogP contribution in [0.2, 0.25) is 0 Å². The first kappa shape index (κ1) is 20.9. The van der Waals surface area contributed by atoms with Gasteiger partial charge in [-0.1, -0.05) is 58.0 Å². The summed E-state index contributed by atoms with van der Waals surface area (Å²) in [4.78, 5) is 37.3. The predicted molar refractivity (Wildman–Crippen MR) is 102 cm³/mol. The van der Waals surface area contributed by atoms with Crippen molar-refractivity contribution in [2.75, 3.05) is 0 Å². The van der Waals surface area contributed by atoms with Crippen LogP contribution < -0.4 is 10.6 Å². The molecular weight excluding hydrogens is 344 g/mol. The minimum atomic E-state index is -0.764. The largest absolute Gasteiger partial charge is 0.459 e. The minimum absolute atomic E-state index is 0.0239. The summed E-state index contributed by atoms with van der Waals surface area (Å²) in [5.74, 6) is -1.11. The van der Waals surface area contributed by atoms with Gasteiger partial charge in [0.2, 0.25) is 11.8 Å². The van der Waals surface area contributed by atoms with Gasteiger partial charge in [0.15, 0.2) is 0 Å². The highest BCUT2D eigenvalue weighted by Gasteiger charge is 2.35. The topological polar surface area (TPSA) is 84.5 Å². The molecule has 1 aromatic carbocycles. The molecule has 2 atom stereocenters. The van der Waals surface area contributed by atoms with Crippen LogP contribution in [0.4, 0.5) is 0 Å². The quantitative estimate of drug-likeness (QED) is 0.650. The first-order valence-electron chi connectivity index (χ1n) is 9.61. The lowest BCUT2D eigenvalue weighted by molar-refractivity contribution is -0.150. The number of carbonyl (C=O) groups is 3. The second kappa shape index (κ2) is 9.53. The van der Waals surface area contributed by atoms with E-state index in [0.717, 1.165) is 18.4 Å². The summed E-state index contributed by atoms with van der Waals surface area (Å²) in [7, 11) is 0. The molecule has 0 radical (unpaired) electrons. The molecule has 0 bridgehead atoms. The Balaban J connectivity index is 1.96. The van der Waals surface area contributed by atoms with Gasteiger partial charge in [0, 0.05) is 5.92 Å². The Hall–Kier alpha value is -2.37. The smallest absolute Gasteiger partial charge is 0.329 e.